The number of nitrogens with one attached hydrogen (secondary N) is 1. The highest BCUT2D eigenvalue weighted by Crippen LogP contribution is 2.26. The number of guanidine groups is 1. The molecular weight excluding hydrogens is 497 g/mol. The minimum atomic E-state index is 0. The van der Waals surface area contributed by atoms with Gasteiger partial charge in [0.25, 0.3) is 0 Å². The van der Waals surface area contributed by atoms with Gasteiger partial charge in [-0.15, -0.1) is 24.0 Å². The minimum Gasteiger partial charge on any atom is -0.504 e. The number of rotatable bonds is 7. The van der Waals surface area contributed by atoms with Gasteiger partial charge in [-0.25, -0.2) is 0 Å². The van der Waals surface area contributed by atoms with Gasteiger partial charge in [0.15, 0.2) is 17.5 Å². The molecule has 0 amide bonds. The third-order valence-electron chi connectivity index (χ3n) is 4.98. The van der Waals surface area contributed by atoms with E-state index in [-0.39, 0.29) is 29.7 Å². The third kappa shape index (κ3) is 6.76. The van der Waals surface area contributed by atoms with Gasteiger partial charge in [0.1, 0.15) is 5.76 Å². The molecule has 0 saturated carbocycles. The van der Waals surface area contributed by atoms with E-state index in [4.69, 9.17) is 14.3 Å². The second kappa shape index (κ2) is 12.0. The van der Waals surface area contributed by atoms with Crippen molar-refractivity contribution in [2.24, 2.45) is 4.99 Å². The van der Waals surface area contributed by atoms with E-state index in [1.165, 1.54) is 0 Å². The van der Waals surface area contributed by atoms with Gasteiger partial charge in [-0.1, -0.05) is 11.2 Å². The highest BCUT2D eigenvalue weighted by atomic mass is 127. The predicted octanol–water partition coefficient (Wildman–Crippen LogP) is 2.64. The molecule has 0 radical (unpaired) electrons. The Morgan fingerprint density at radius 3 is 2.67 bits per heavy atom. The monoisotopic (exact) mass is 529 g/mol. The van der Waals surface area contributed by atoms with Crippen LogP contribution in [0.1, 0.15) is 23.9 Å². The van der Waals surface area contributed by atoms with Crippen molar-refractivity contribution in [3.05, 3.63) is 41.3 Å². The molecule has 3 rings (SSSR count). The van der Waals surface area contributed by atoms with Gasteiger partial charge >= 0.3 is 0 Å². The number of methoxy groups -OCH3 is 1. The van der Waals surface area contributed by atoms with Crippen LogP contribution in [-0.2, 0) is 13.0 Å². The first-order valence-corrected chi connectivity index (χ1v) is 10.1. The second-order valence-corrected chi connectivity index (χ2v) is 7.18. The SMILES string of the molecule is CCNC(=NCCc1ccc(O)c(OC)c1)N1CCN(Cc2cc(C)on2)CC1.I. The van der Waals surface area contributed by atoms with Gasteiger partial charge in [0.05, 0.1) is 12.8 Å². The van der Waals surface area contributed by atoms with Gasteiger partial charge in [0.2, 0.25) is 0 Å². The first-order chi connectivity index (χ1) is 14.1. The molecule has 1 fully saturated rings. The quantitative estimate of drug-likeness (QED) is 0.324. The Morgan fingerprint density at radius 1 is 1.27 bits per heavy atom. The van der Waals surface area contributed by atoms with Crippen LogP contribution in [0.5, 0.6) is 11.5 Å². The number of ether oxygens (including phenoxy) is 1. The van der Waals surface area contributed by atoms with E-state index in [9.17, 15) is 5.11 Å². The molecule has 1 saturated heterocycles. The molecule has 8 nitrogen and oxygen atoms in total. The summed E-state index contributed by atoms with van der Waals surface area (Å²) in [5, 5.41) is 17.2. The zero-order valence-electron chi connectivity index (χ0n) is 17.9. The molecule has 2 N–H and O–H groups in total. The Balaban J connectivity index is 0.00000320. The Hall–Kier alpha value is -2.01. The minimum absolute atomic E-state index is 0. The molecule has 0 bridgehead atoms. The molecule has 2 aromatic rings. The molecule has 0 aliphatic carbocycles. The number of phenolic OH excluding ortho intramolecular Hbond substituents is 1. The van der Waals surface area contributed by atoms with Gasteiger partial charge in [-0.2, -0.15) is 0 Å². The van der Waals surface area contributed by atoms with Gasteiger partial charge in [0, 0.05) is 51.9 Å². The van der Waals surface area contributed by atoms with E-state index in [1.54, 1.807) is 13.2 Å². The molecule has 1 aromatic heterocycles. The van der Waals surface area contributed by atoms with Gasteiger partial charge in [-0.05, 0) is 38.0 Å². The lowest BCUT2D eigenvalue weighted by Gasteiger charge is -2.36. The van der Waals surface area contributed by atoms with Crippen LogP contribution in [0.3, 0.4) is 0 Å². The standard InChI is InChI=1S/C21H31N5O3.HI/c1-4-22-21(23-8-7-17-5-6-19(27)20(14-17)28-3)26-11-9-25(10-12-26)15-18-13-16(2)29-24-18;/h5-6,13-14,27H,4,7-12,15H2,1-3H3,(H,22,23);1H. The molecule has 1 aliphatic rings. The molecule has 30 heavy (non-hydrogen) atoms. The Bertz CT molecular complexity index is 819. The number of hydrogen-bond donors (Lipinski definition) is 2. The molecule has 0 atom stereocenters. The molecular formula is C21H32IN5O3. The number of hydrogen-bond acceptors (Lipinski definition) is 6. The zero-order chi connectivity index (χ0) is 20.6. The number of aromatic nitrogens is 1. The summed E-state index contributed by atoms with van der Waals surface area (Å²) in [5.74, 6) is 2.46. The lowest BCUT2D eigenvalue weighted by atomic mass is 10.1. The fourth-order valence-corrected chi connectivity index (χ4v) is 3.43. The summed E-state index contributed by atoms with van der Waals surface area (Å²) in [7, 11) is 1.56. The van der Waals surface area contributed by atoms with Gasteiger partial charge < -0.3 is 24.6 Å². The summed E-state index contributed by atoms with van der Waals surface area (Å²) in [6, 6.07) is 7.43. The van der Waals surface area contributed by atoms with Crippen LogP contribution in [0.4, 0.5) is 0 Å². The molecule has 0 unspecified atom stereocenters. The summed E-state index contributed by atoms with van der Waals surface area (Å²) in [6.07, 6.45) is 0.789. The molecule has 9 heteroatoms. The number of nitrogens with zero attached hydrogens (tertiary/aromatic N) is 4. The van der Waals surface area contributed by atoms with Crippen LogP contribution in [0.15, 0.2) is 33.8 Å². The third-order valence-corrected chi connectivity index (χ3v) is 4.98. The Labute approximate surface area is 195 Å². The summed E-state index contributed by atoms with van der Waals surface area (Å²) < 4.78 is 10.3. The maximum atomic E-state index is 9.72. The van der Waals surface area contributed by atoms with Crippen molar-refractivity contribution in [3.8, 4) is 11.5 Å². The van der Waals surface area contributed by atoms with Crippen LogP contribution >= 0.6 is 24.0 Å². The number of benzene rings is 1. The molecule has 0 spiro atoms. The number of piperazine rings is 1. The average Bonchev–Trinajstić information content (AvgIpc) is 3.14. The lowest BCUT2D eigenvalue weighted by Crippen LogP contribution is -2.52. The van der Waals surface area contributed by atoms with Gasteiger partial charge in [-0.3, -0.25) is 9.89 Å². The molecule has 1 aliphatic heterocycles. The average molecular weight is 529 g/mol. The summed E-state index contributed by atoms with van der Waals surface area (Å²) >= 11 is 0. The molecule has 1 aromatic carbocycles. The van der Waals surface area contributed by atoms with Crippen molar-refractivity contribution in [1.29, 1.82) is 0 Å². The number of phenols is 1. The number of halogens is 1. The first kappa shape index (κ1) is 24.3. The van der Waals surface area contributed by atoms with Crippen molar-refractivity contribution < 1.29 is 14.4 Å². The van der Waals surface area contributed by atoms with Crippen LogP contribution in [-0.4, -0.2) is 72.4 Å². The normalized spacial score (nSPS) is 15.0. The summed E-state index contributed by atoms with van der Waals surface area (Å²) in [5.41, 5.74) is 2.08. The Kier molecular flexibility index (Phi) is 9.70. The van der Waals surface area contributed by atoms with Crippen LogP contribution in [0.2, 0.25) is 0 Å². The summed E-state index contributed by atoms with van der Waals surface area (Å²) in [4.78, 5) is 9.50. The zero-order valence-corrected chi connectivity index (χ0v) is 20.3. The first-order valence-electron chi connectivity index (χ1n) is 10.1. The number of aliphatic imine (C=N–C) groups is 1. The summed E-state index contributed by atoms with van der Waals surface area (Å²) in [6.45, 7) is 10.1. The van der Waals surface area contributed by atoms with Crippen molar-refractivity contribution >= 4 is 29.9 Å². The fourth-order valence-electron chi connectivity index (χ4n) is 3.43. The molecule has 2 heterocycles. The molecule has 166 valence electrons. The van der Waals surface area contributed by atoms with Crippen molar-refractivity contribution in [2.45, 2.75) is 26.8 Å². The second-order valence-electron chi connectivity index (χ2n) is 7.18. The van der Waals surface area contributed by atoms with E-state index >= 15 is 0 Å². The van der Waals surface area contributed by atoms with E-state index < -0.39 is 0 Å². The maximum Gasteiger partial charge on any atom is 0.194 e. The predicted molar refractivity (Wildman–Crippen MR) is 128 cm³/mol. The number of aryl methyl sites for hydroxylation is 1. The highest BCUT2D eigenvalue weighted by molar-refractivity contribution is 14.0. The van der Waals surface area contributed by atoms with E-state index in [0.29, 0.717) is 12.3 Å². The topological polar surface area (TPSA) is 86.4 Å². The smallest absolute Gasteiger partial charge is 0.194 e. The van der Waals surface area contributed by atoms with Crippen molar-refractivity contribution in [1.82, 2.24) is 20.3 Å². The van der Waals surface area contributed by atoms with Crippen LogP contribution in [0, 0.1) is 6.92 Å². The largest absolute Gasteiger partial charge is 0.504 e. The highest BCUT2D eigenvalue weighted by Gasteiger charge is 2.20. The van der Waals surface area contributed by atoms with E-state index in [1.807, 2.05) is 25.1 Å². The van der Waals surface area contributed by atoms with E-state index in [0.717, 1.165) is 68.7 Å². The van der Waals surface area contributed by atoms with E-state index in [2.05, 4.69) is 27.2 Å². The van der Waals surface area contributed by atoms with Crippen LogP contribution in [0.25, 0.3) is 0 Å². The Morgan fingerprint density at radius 2 is 2.03 bits per heavy atom. The van der Waals surface area contributed by atoms with Crippen LogP contribution < -0.4 is 10.1 Å². The maximum absolute atomic E-state index is 9.72. The fraction of sp³-hybridized carbons (Fsp3) is 0.524. The van der Waals surface area contributed by atoms with Crippen molar-refractivity contribution in [3.63, 3.8) is 0 Å². The number of aromatic hydroxyl groups is 1. The van der Waals surface area contributed by atoms with Crippen molar-refractivity contribution in [2.75, 3.05) is 46.4 Å². The lowest BCUT2D eigenvalue weighted by molar-refractivity contribution is 0.169.